The minimum Gasteiger partial charge on any atom is -0.348 e. The standard InChI is InChI=1S/C20H23N7O/c1-14-4-6-17(7-5-14)27-15(2)18(24-25-27)19(28)23-16-8-12-26(13-9-16)20-21-10-3-11-22-20/h3-7,10-11,16H,8-9,12-13H2,1-2H3,(H,23,28). The molecule has 1 amide bonds. The SMILES string of the molecule is Cc1ccc(-n2nnc(C(=O)NC3CCN(c4ncccn4)CC3)c2C)cc1. The molecule has 1 fully saturated rings. The number of amides is 1. The lowest BCUT2D eigenvalue weighted by atomic mass is 10.1. The fraction of sp³-hybridized carbons (Fsp3) is 0.350. The Balaban J connectivity index is 1.39. The predicted octanol–water partition coefficient (Wildman–Crippen LogP) is 2.07. The summed E-state index contributed by atoms with van der Waals surface area (Å²) in [5.74, 6) is 0.564. The van der Waals surface area contributed by atoms with Crippen LogP contribution in [0.4, 0.5) is 5.95 Å². The average Bonchev–Trinajstić information content (AvgIpc) is 3.11. The lowest BCUT2D eigenvalue weighted by molar-refractivity contribution is 0.0925. The molecule has 1 N–H and O–H groups in total. The van der Waals surface area contributed by atoms with Gasteiger partial charge in [0, 0.05) is 31.5 Å². The van der Waals surface area contributed by atoms with E-state index >= 15 is 0 Å². The summed E-state index contributed by atoms with van der Waals surface area (Å²) in [5, 5.41) is 11.4. The topological polar surface area (TPSA) is 88.8 Å². The van der Waals surface area contributed by atoms with E-state index in [0.29, 0.717) is 5.69 Å². The van der Waals surface area contributed by atoms with Gasteiger partial charge in [-0.15, -0.1) is 5.10 Å². The Bertz CT molecular complexity index is 944. The number of carbonyl (C=O) groups excluding carboxylic acids is 1. The van der Waals surface area contributed by atoms with Crippen LogP contribution >= 0.6 is 0 Å². The Hall–Kier alpha value is -3.29. The maximum absolute atomic E-state index is 12.7. The van der Waals surface area contributed by atoms with Gasteiger partial charge in [0.05, 0.1) is 11.4 Å². The summed E-state index contributed by atoms with van der Waals surface area (Å²) in [4.78, 5) is 23.4. The summed E-state index contributed by atoms with van der Waals surface area (Å²) in [6, 6.07) is 9.89. The Kier molecular flexibility index (Phi) is 5.01. The molecule has 1 aromatic carbocycles. The molecule has 0 unspecified atom stereocenters. The number of hydrogen-bond donors (Lipinski definition) is 1. The zero-order valence-corrected chi connectivity index (χ0v) is 16.0. The minimum atomic E-state index is -0.176. The van der Waals surface area contributed by atoms with E-state index in [1.54, 1.807) is 17.1 Å². The fourth-order valence-electron chi connectivity index (χ4n) is 3.40. The highest BCUT2D eigenvalue weighted by molar-refractivity contribution is 5.93. The minimum absolute atomic E-state index is 0.108. The molecule has 0 radical (unpaired) electrons. The number of piperidine rings is 1. The quantitative estimate of drug-likeness (QED) is 0.749. The van der Waals surface area contributed by atoms with Crippen LogP contribution in [0.3, 0.4) is 0 Å². The van der Waals surface area contributed by atoms with E-state index < -0.39 is 0 Å². The van der Waals surface area contributed by atoms with E-state index in [4.69, 9.17) is 0 Å². The highest BCUT2D eigenvalue weighted by atomic mass is 16.2. The van der Waals surface area contributed by atoms with Crippen LogP contribution in [0.5, 0.6) is 0 Å². The number of benzene rings is 1. The van der Waals surface area contributed by atoms with Crippen molar-refractivity contribution in [2.75, 3.05) is 18.0 Å². The molecule has 1 aliphatic rings. The van der Waals surface area contributed by atoms with Crippen LogP contribution in [0.1, 0.15) is 34.6 Å². The number of aryl methyl sites for hydroxylation is 1. The highest BCUT2D eigenvalue weighted by Gasteiger charge is 2.25. The first-order valence-corrected chi connectivity index (χ1v) is 9.44. The van der Waals surface area contributed by atoms with Crippen molar-refractivity contribution in [3.8, 4) is 5.69 Å². The number of rotatable bonds is 4. The van der Waals surface area contributed by atoms with Gasteiger partial charge in [0.2, 0.25) is 5.95 Å². The Labute approximate surface area is 163 Å². The maximum atomic E-state index is 12.7. The second kappa shape index (κ2) is 7.75. The van der Waals surface area contributed by atoms with Gasteiger partial charge in [-0.25, -0.2) is 14.6 Å². The number of anilines is 1. The number of carbonyl (C=O) groups is 1. The summed E-state index contributed by atoms with van der Waals surface area (Å²) < 4.78 is 1.70. The van der Waals surface area contributed by atoms with E-state index in [0.717, 1.165) is 43.3 Å². The largest absolute Gasteiger partial charge is 0.348 e. The van der Waals surface area contributed by atoms with Gasteiger partial charge in [-0.2, -0.15) is 0 Å². The van der Waals surface area contributed by atoms with Gasteiger partial charge >= 0.3 is 0 Å². The van der Waals surface area contributed by atoms with Gasteiger partial charge in [0.25, 0.3) is 5.91 Å². The van der Waals surface area contributed by atoms with E-state index in [1.807, 2.05) is 44.2 Å². The van der Waals surface area contributed by atoms with Crippen molar-refractivity contribution in [1.82, 2.24) is 30.3 Å². The van der Waals surface area contributed by atoms with Crippen LogP contribution in [-0.4, -0.2) is 50.0 Å². The van der Waals surface area contributed by atoms with Crippen molar-refractivity contribution < 1.29 is 4.79 Å². The Morgan fingerprint density at radius 2 is 1.75 bits per heavy atom. The zero-order valence-electron chi connectivity index (χ0n) is 16.0. The molecular formula is C20H23N7O. The van der Waals surface area contributed by atoms with Crippen LogP contribution in [0.25, 0.3) is 5.69 Å². The first-order valence-electron chi connectivity index (χ1n) is 9.44. The third kappa shape index (κ3) is 3.71. The molecule has 3 heterocycles. The summed E-state index contributed by atoms with van der Waals surface area (Å²) >= 11 is 0. The highest BCUT2D eigenvalue weighted by Crippen LogP contribution is 2.17. The molecule has 0 atom stereocenters. The van der Waals surface area contributed by atoms with Crippen molar-refractivity contribution in [3.05, 3.63) is 59.7 Å². The molecule has 144 valence electrons. The van der Waals surface area contributed by atoms with Crippen molar-refractivity contribution in [2.24, 2.45) is 0 Å². The number of aromatic nitrogens is 5. The molecule has 0 saturated carbocycles. The molecule has 0 bridgehead atoms. The molecule has 2 aromatic heterocycles. The van der Waals surface area contributed by atoms with E-state index in [-0.39, 0.29) is 11.9 Å². The molecule has 8 heteroatoms. The van der Waals surface area contributed by atoms with Gasteiger partial charge in [0.15, 0.2) is 5.69 Å². The molecular weight excluding hydrogens is 354 g/mol. The van der Waals surface area contributed by atoms with Crippen LogP contribution < -0.4 is 10.2 Å². The van der Waals surface area contributed by atoms with E-state index in [1.165, 1.54) is 5.56 Å². The van der Waals surface area contributed by atoms with Gasteiger partial charge in [0.1, 0.15) is 0 Å². The Morgan fingerprint density at radius 1 is 1.07 bits per heavy atom. The Morgan fingerprint density at radius 3 is 2.43 bits per heavy atom. The van der Waals surface area contributed by atoms with Gasteiger partial charge < -0.3 is 10.2 Å². The molecule has 4 rings (SSSR count). The van der Waals surface area contributed by atoms with Crippen LogP contribution in [0.15, 0.2) is 42.7 Å². The van der Waals surface area contributed by atoms with E-state index in [2.05, 4.69) is 30.5 Å². The molecule has 0 aliphatic carbocycles. The molecule has 8 nitrogen and oxygen atoms in total. The van der Waals surface area contributed by atoms with Crippen molar-refractivity contribution in [2.45, 2.75) is 32.7 Å². The van der Waals surface area contributed by atoms with Crippen LogP contribution in [-0.2, 0) is 0 Å². The summed E-state index contributed by atoms with van der Waals surface area (Å²) in [5.41, 5.74) is 3.17. The lowest BCUT2D eigenvalue weighted by Crippen LogP contribution is -2.45. The molecule has 0 spiro atoms. The van der Waals surface area contributed by atoms with Gasteiger partial charge in [-0.05, 0) is 44.9 Å². The third-order valence-electron chi connectivity index (χ3n) is 5.05. The average molecular weight is 377 g/mol. The molecule has 1 saturated heterocycles. The summed E-state index contributed by atoms with van der Waals surface area (Å²) in [6.07, 6.45) is 5.18. The second-order valence-electron chi connectivity index (χ2n) is 7.05. The first kappa shape index (κ1) is 18.1. The van der Waals surface area contributed by atoms with Crippen molar-refractivity contribution in [1.29, 1.82) is 0 Å². The molecule has 1 aliphatic heterocycles. The second-order valence-corrected chi connectivity index (χ2v) is 7.05. The smallest absolute Gasteiger partial charge is 0.273 e. The predicted molar refractivity (Wildman–Crippen MR) is 106 cm³/mol. The zero-order chi connectivity index (χ0) is 19.5. The summed E-state index contributed by atoms with van der Waals surface area (Å²) in [7, 11) is 0. The molecule has 28 heavy (non-hydrogen) atoms. The summed E-state index contributed by atoms with van der Waals surface area (Å²) in [6.45, 7) is 5.52. The first-order chi connectivity index (χ1) is 13.6. The normalized spacial score (nSPS) is 14.9. The van der Waals surface area contributed by atoms with Gasteiger partial charge in [-0.1, -0.05) is 22.9 Å². The van der Waals surface area contributed by atoms with Crippen LogP contribution in [0, 0.1) is 13.8 Å². The van der Waals surface area contributed by atoms with Crippen LogP contribution in [0.2, 0.25) is 0 Å². The van der Waals surface area contributed by atoms with Gasteiger partial charge in [-0.3, -0.25) is 4.79 Å². The third-order valence-corrected chi connectivity index (χ3v) is 5.05. The number of nitrogens with zero attached hydrogens (tertiary/aromatic N) is 6. The number of hydrogen-bond acceptors (Lipinski definition) is 6. The monoisotopic (exact) mass is 377 g/mol. The van der Waals surface area contributed by atoms with Crippen molar-refractivity contribution in [3.63, 3.8) is 0 Å². The molecule has 3 aromatic rings. The maximum Gasteiger partial charge on any atom is 0.273 e. The lowest BCUT2D eigenvalue weighted by Gasteiger charge is -2.32. The van der Waals surface area contributed by atoms with E-state index in [9.17, 15) is 4.79 Å². The number of nitrogens with one attached hydrogen (secondary N) is 1. The van der Waals surface area contributed by atoms with Crippen molar-refractivity contribution >= 4 is 11.9 Å². The fourth-order valence-corrected chi connectivity index (χ4v) is 3.40.